The lowest BCUT2D eigenvalue weighted by Gasteiger charge is -2.18. The minimum atomic E-state index is -3.65. The van der Waals surface area contributed by atoms with Gasteiger partial charge in [-0.1, -0.05) is 24.3 Å². The molecule has 0 aliphatic carbocycles. The molecule has 5 nitrogen and oxygen atoms in total. The van der Waals surface area contributed by atoms with Crippen molar-refractivity contribution >= 4 is 15.7 Å². The van der Waals surface area contributed by atoms with E-state index in [4.69, 9.17) is 4.74 Å². The zero-order valence-corrected chi connectivity index (χ0v) is 11.7. The molecule has 1 atom stereocenters. The first-order chi connectivity index (χ1) is 9.64. The number of hydrogen-bond donors (Lipinski definition) is 0. The summed E-state index contributed by atoms with van der Waals surface area (Å²) < 4.78 is 32.1. The highest BCUT2D eigenvalue weighted by Gasteiger charge is 2.36. The molecule has 0 bridgehead atoms. The number of benzene rings is 1. The molecule has 20 heavy (non-hydrogen) atoms. The van der Waals surface area contributed by atoms with Gasteiger partial charge in [0.2, 0.25) is 0 Å². The van der Waals surface area contributed by atoms with Gasteiger partial charge in [0.1, 0.15) is 6.10 Å². The fourth-order valence-electron chi connectivity index (χ4n) is 2.38. The highest BCUT2D eigenvalue weighted by Crippen LogP contribution is 2.39. The number of anilines is 1. The summed E-state index contributed by atoms with van der Waals surface area (Å²) in [4.78, 5) is 3.95. The molecular formula is C14H14N2O3S. The zero-order chi connectivity index (χ0) is 14.2. The second-order valence-electron chi connectivity index (χ2n) is 4.49. The molecule has 6 heteroatoms. The summed E-state index contributed by atoms with van der Waals surface area (Å²) in [6.07, 6.45) is 1.23. The van der Waals surface area contributed by atoms with Crippen LogP contribution in [0.4, 0.5) is 5.69 Å². The first-order valence-electron chi connectivity index (χ1n) is 6.20. The van der Waals surface area contributed by atoms with Crippen molar-refractivity contribution in [3.05, 3.63) is 54.2 Å². The molecule has 0 unspecified atom stereocenters. The molecule has 0 spiro atoms. The summed E-state index contributed by atoms with van der Waals surface area (Å²) in [6, 6.07) is 12.2. The normalized spacial score (nSPS) is 18.1. The average molecular weight is 290 g/mol. The first-order valence-corrected chi connectivity index (χ1v) is 7.64. The van der Waals surface area contributed by atoms with E-state index in [1.54, 1.807) is 25.3 Å². The maximum absolute atomic E-state index is 12.7. The van der Waals surface area contributed by atoms with Gasteiger partial charge in [0.25, 0.3) is 10.0 Å². The van der Waals surface area contributed by atoms with Crippen molar-refractivity contribution in [1.29, 1.82) is 0 Å². The van der Waals surface area contributed by atoms with Crippen molar-refractivity contribution in [3.8, 4) is 0 Å². The Balaban J connectivity index is 2.09. The SMILES string of the molecule is CO[C@@H]1CN(S(=O)(=O)c2ccccn2)c2ccccc21. The van der Waals surface area contributed by atoms with E-state index >= 15 is 0 Å². The van der Waals surface area contributed by atoms with Crippen LogP contribution in [0, 0.1) is 0 Å². The van der Waals surface area contributed by atoms with Crippen LogP contribution in [0.3, 0.4) is 0 Å². The number of fused-ring (bicyclic) bond motifs is 1. The van der Waals surface area contributed by atoms with Gasteiger partial charge in [0, 0.05) is 18.9 Å². The molecule has 104 valence electrons. The number of hydrogen-bond acceptors (Lipinski definition) is 4. The Morgan fingerprint density at radius 1 is 1.20 bits per heavy atom. The maximum Gasteiger partial charge on any atom is 0.281 e. The molecule has 1 aliphatic rings. The number of pyridine rings is 1. The van der Waals surface area contributed by atoms with Gasteiger partial charge in [-0.3, -0.25) is 4.31 Å². The van der Waals surface area contributed by atoms with E-state index in [0.29, 0.717) is 5.69 Å². The average Bonchev–Trinajstić information content (AvgIpc) is 2.88. The second kappa shape index (κ2) is 4.88. The standard InChI is InChI=1S/C14H14N2O3S/c1-19-13-10-16(12-7-3-2-6-11(12)13)20(17,18)14-8-4-5-9-15-14/h2-9,13H,10H2,1H3/t13-/m1/s1. The zero-order valence-electron chi connectivity index (χ0n) is 10.9. The number of ether oxygens (including phenoxy) is 1. The Bertz CT molecular complexity index is 716. The van der Waals surface area contributed by atoms with Gasteiger partial charge in [-0.25, -0.2) is 4.98 Å². The number of rotatable bonds is 3. The van der Waals surface area contributed by atoms with Gasteiger partial charge in [-0.05, 0) is 18.2 Å². The number of methoxy groups -OCH3 is 1. The van der Waals surface area contributed by atoms with Gasteiger partial charge >= 0.3 is 0 Å². The van der Waals surface area contributed by atoms with Crippen LogP contribution in [-0.4, -0.2) is 27.1 Å². The molecule has 1 aliphatic heterocycles. The smallest absolute Gasteiger partial charge is 0.281 e. The summed E-state index contributed by atoms with van der Waals surface area (Å²) in [6.45, 7) is 0.273. The van der Waals surface area contributed by atoms with E-state index in [-0.39, 0.29) is 17.7 Å². The van der Waals surface area contributed by atoms with Crippen LogP contribution in [0.15, 0.2) is 53.7 Å². The van der Waals surface area contributed by atoms with Crippen molar-refractivity contribution in [2.24, 2.45) is 0 Å². The molecule has 0 amide bonds. The van der Waals surface area contributed by atoms with E-state index in [2.05, 4.69) is 4.98 Å². The van der Waals surface area contributed by atoms with E-state index in [1.165, 1.54) is 16.6 Å². The monoisotopic (exact) mass is 290 g/mol. The van der Waals surface area contributed by atoms with Crippen molar-refractivity contribution in [2.75, 3.05) is 18.0 Å². The Labute approximate surface area is 117 Å². The third-order valence-corrected chi connectivity index (χ3v) is 5.06. The van der Waals surface area contributed by atoms with Crippen molar-refractivity contribution in [3.63, 3.8) is 0 Å². The summed E-state index contributed by atoms with van der Waals surface area (Å²) in [5, 5.41) is 0.0477. The highest BCUT2D eigenvalue weighted by molar-refractivity contribution is 7.92. The van der Waals surface area contributed by atoms with Crippen LogP contribution >= 0.6 is 0 Å². The molecule has 0 saturated heterocycles. The van der Waals surface area contributed by atoms with Crippen LogP contribution in [0.5, 0.6) is 0 Å². The Hall–Kier alpha value is -1.92. The van der Waals surface area contributed by atoms with E-state index < -0.39 is 10.0 Å². The van der Waals surface area contributed by atoms with Crippen molar-refractivity contribution in [1.82, 2.24) is 4.98 Å². The topological polar surface area (TPSA) is 59.5 Å². The number of aromatic nitrogens is 1. The van der Waals surface area contributed by atoms with Crippen LogP contribution in [0.1, 0.15) is 11.7 Å². The Kier molecular flexibility index (Phi) is 3.19. The second-order valence-corrected chi connectivity index (χ2v) is 6.30. The van der Waals surface area contributed by atoms with Gasteiger partial charge in [-0.2, -0.15) is 8.42 Å². The number of nitrogens with zero attached hydrogens (tertiary/aromatic N) is 2. The molecule has 0 saturated carbocycles. The molecule has 1 aromatic carbocycles. The summed E-state index contributed by atoms with van der Waals surface area (Å²) in [5.74, 6) is 0. The predicted octanol–water partition coefficient (Wildman–Crippen LogP) is 1.98. The number of para-hydroxylation sites is 1. The van der Waals surface area contributed by atoms with E-state index in [1.807, 2.05) is 18.2 Å². The Morgan fingerprint density at radius 3 is 2.65 bits per heavy atom. The van der Waals surface area contributed by atoms with Crippen LogP contribution in [0.25, 0.3) is 0 Å². The van der Waals surface area contributed by atoms with E-state index in [0.717, 1.165) is 5.56 Å². The fraction of sp³-hybridized carbons (Fsp3) is 0.214. The molecule has 0 radical (unpaired) electrons. The van der Waals surface area contributed by atoms with Crippen LogP contribution in [-0.2, 0) is 14.8 Å². The van der Waals surface area contributed by atoms with Gasteiger partial charge in [0.05, 0.1) is 12.2 Å². The molecule has 3 rings (SSSR count). The van der Waals surface area contributed by atoms with Crippen LogP contribution in [0.2, 0.25) is 0 Å². The van der Waals surface area contributed by atoms with Gasteiger partial charge in [0.15, 0.2) is 5.03 Å². The maximum atomic E-state index is 12.7. The fourth-order valence-corrected chi connectivity index (χ4v) is 3.80. The number of sulfonamides is 1. The summed E-state index contributed by atoms with van der Waals surface area (Å²) >= 11 is 0. The van der Waals surface area contributed by atoms with Crippen molar-refractivity contribution in [2.45, 2.75) is 11.1 Å². The molecular weight excluding hydrogens is 276 g/mol. The van der Waals surface area contributed by atoms with Crippen LogP contribution < -0.4 is 4.31 Å². The minimum absolute atomic E-state index is 0.0477. The molecule has 1 aromatic heterocycles. The predicted molar refractivity (Wildman–Crippen MR) is 75.0 cm³/mol. The van der Waals surface area contributed by atoms with E-state index in [9.17, 15) is 8.42 Å². The van der Waals surface area contributed by atoms with Gasteiger partial charge < -0.3 is 4.74 Å². The third-order valence-electron chi connectivity index (χ3n) is 3.36. The minimum Gasteiger partial charge on any atom is -0.375 e. The summed E-state index contributed by atoms with van der Waals surface area (Å²) in [5.41, 5.74) is 1.54. The molecule has 2 aromatic rings. The highest BCUT2D eigenvalue weighted by atomic mass is 32.2. The molecule has 2 heterocycles. The van der Waals surface area contributed by atoms with Crippen molar-refractivity contribution < 1.29 is 13.2 Å². The Morgan fingerprint density at radius 2 is 1.95 bits per heavy atom. The largest absolute Gasteiger partial charge is 0.375 e. The molecule has 0 fully saturated rings. The quantitative estimate of drug-likeness (QED) is 0.867. The lowest BCUT2D eigenvalue weighted by molar-refractivity contribution is 0.118. The van der Waals surface area contributed by atoms with Gasteiger partial charge in [-0.15, -0.1) is 0 Å². The summed E-state index contributed by atoms with van der Waals surface area (Å²) in [7, 11) is -2.07. The third kappa shape index (κ3) is 1.97. The lowest BCUT2D eigenvalue weighted by Crippen LogP contribution is -2.30. The first kappa shape index (κ1) is 13.1. The lowest BCUT2D eigenvalue weighted by atomic mass is 10.1. The molecule has 0 N–H and O–H groups in total.